The molecule has 6 heteroatoms. The molecule has 0 unspecified atom stereocenters. The van der Waals surface area contributed by atoms with Crippen molar-refractivity contribution in [3.63, 3.8) is 0 Å². The topological polar surface area (TPSA) is 67.8 Å². The molecule has 1 rings (SSSR count). The highest BCUT2D eigenvalue weighted by atomic mass is 79.9. The number of carbonyl (C=O) groups is 1. The Morgan fingerprint density at radius 2 is 1.90 bits per heavy atom. The third-order valence-corrected chi connectivity index (χ3v) is 3.66. The standard InChI is InChI=1S/C15H22BrNO4/c1-20-11-9-12(14(21-2)13(16)10-11)15(19)17-7-5-3-4-6-8-18/h9-10,18H,3-8H2,1-2H3,(H,17,19). The predicted molar refractivity (Wildman–Crippen MR) is 85.1 cm³/mol. The van der Waals surface area contributed by atoms with Crippen LogP contribution in [0.4, 0.5) is 0 Å². The van der Waals surface area contributed by atoms with Gasteiger partial charge in [-0.2, -0.15) is 0 Å². The van der Waals surface area contributed by atoms with Crippen LogP contribution in [0.25, 0.3) is 0 Å². The van der Waals surface area contributed by atoms with Crippen molar-refractivity contribution in [3.05, 3.63) is 22.2 Å². The van der Waals surface area contributed by atoms with E-state index in [4.69, 9.17) is 14.6 Å². The number of carbonyl (C=O) groups excluding carboxylic acids is 1. The number of unbranched alkanes of at least 4 members (excludes halogenated alkanes) is 3. The van der Waals surface area contributed by atoms with E-state index in [1.54, 1.807) is 19.2 Å². The van der Waals surface area contributed by atoms with E-state index in [1.807, 2.05) is 0 Å². The van der Waals surface area contributed by atoms with Crippen LogP contribution in [0.15, 0.2) is 16.6 Å². The molecule has 0 saturated carbocycles. The molecule has 0 spiro atoms. The van der Waals surface area contributed by atoms with E-state index in [1.165, 1.54) is 7.11 Å². The summed E-state index contributed by atoms with van der Waals surface area (Å²) in [6, 6.07) is 3.41. The number of benzene rings is 1. The molecule has 118 valence electrons. The maximum atomic E-state index is 12.2. The molecule has 1 amide bonds. The second-order valence-corrected chi connectivity index (χ2v) is 5.44. The lowest BCUT2D eigenvalue weighted by Crippen LogP contribution is -2.25. The maximum absolute atomic E-state index is 12.2. The van der Waals surface area contributed by atoms with Gasteiger partial charge in [-0.3, -0.25) is 4.79 Å². The molecule has 1 aromatic rings. The van der Waals surface area contributed by atoms with Gasteiger partial charge in [0.1, 0.15) is 11.5 Å². The van der Waals surface area contributed by atoms with Crippen LogP contribution in [-0.4, -0.2) is 38.4 Å². The van der Waals surface area contributed by atoms with Crippen LogP contribution in [0.1, 0.15) is 36.0 Å². The van der Waals surface area contributed by atoms with Crippen molar-refractivity contribution in [2.45, 2.75) is 25.7 Å². The van der Waals surface area contributed by atoms with Crippen molar-refractivity contribution in [1.82, 2.24) is 5.32 Å². The van der Waals surface area contributed by atoms with Crippen molar-refractivity contribution in [3.8, 4) is 11.5 Å². The number of amides is 1. The first-order chi connectivity index (χ1) is 10.1. The first-order valence-corrected chi connectivity index (χ1v) is 7.74. The summed E-state index contributed by atoms with van der Waals surface area (Å²) in [4.78, 5) is 12.2. The molecule has 5 nitrogen and oxygen atoms in total. The van der Waals surface area contributed by atoms with Gasteiger partial charge < -0.3 is 19.9 Å². The lowest BCUT2D eigenvalue weighted by atomic mass is 10.1. The van der Waals surface area contributed by atoms with Crippen molar-refractivity contribution in [2.24, 2.45) is 0 Å². The van der Waals surface area contributed by atoms with Crippen LogP contribution in [0, 0.1) is 0 Å². The van der Waals surface area contributed by atoms with Gasteiger partial charge >= 0.3 is 0 Å². The van der Waals surface area contributed by atoms with Crippen molar-refractivity contribution in [2.75, 3.05) is 27.4 Å². The number of rotatable bonds is 9. The molecule has 0 aliphatic heterocycles. The number of hydrogen-bond acceptors (Lipinski definition) is 4. The molecule has 0 atom stereocenters. The third-order valence-electron chi connectivity index (χ3n) is 3.07. The highest BCUT2D eigenvalue weighted by Crippen LogP contribution is 2.33. The lowest BCUT2D eigenvalue weighted by molar-refractivity contribution is 0.0949. The number of methoxy groups -OCH3 is 2. The zero-order chi connectivity index (χ0) is 15.7. The number of nitrogens with one attached hydrogen (secondary N) is 1. The van der Waals surface area contributed by atoms with Gasteiger partial charge in [0.15, 0.2) is 0 Å². The molecule has 0 saturated heterocycles. The maximum Gasteiger partial charge on any atom is 0.255 e. The molecular weight excluding hydrogens is 338 g/mol. The molecule has 0 aromatic heterocycles. The fraction of sp³-hybridized carbons (Fsp3) is 0.533. The van der Waals surface area contributed by atoms with Gasteiger partial charge in [0.05, 0.1) is 24.3 Å². The lowest BCUT2D eigenvalue weighted by Gasteiger charge is -2.12. The van der Waals surface area contributed by atoms with Gasteiger partial charge in [-0.1, -0.05) is 12.8 Å². The summed E-state index contributed by atoms with van der Waals surface area (Å²) in [5.41, 5.74) is 0.444. The highest BCUT2D eigenvalue weighted by Gasteiger charge is 2.16. The van der Waals surface area contributed by atoms with Crippen LogP contribution in [0.3, 0.4) is 0 Å². The van der Waals surface area contributed by atoms with Crippen LogP contribution in [0.5, 0.6) is 11.5 Å². The summed E-state index contributed by atoms with van der Waals surface area (Å²) in [5.74, 6) is 0.901. The molecule has 0 heterocycles. The second kappa shape index (κ2) is 9.63. The first-order valence-electron chi connectivity index (χ1n) is 6.94. The van der Waals surface area contributed by atoms with Gasteiger partial charge in [0, 0.05) is 13.2 Å². The Bertz CT molecular complexity index is 465. The molecular formula is C15H22BrNO4. The third kappa shape index (κ3) is 5.55. The highest BCUT2D eigenvalue weighted by molar-refractivity contribution is 9.10. The number of aliphatic hydroxyl groups is 1. The molecule has 0 aliphatic rings. The summed E-state index contributed by atoms with van der Waals surface area (Å²) in [5, 5.41) is 11.6. The Labute approximate surface area is 133 Å². The summed E-state index contributed by atoms with van der Waals surface area (Å²) >= 11 is 3.37. The number of ether oxygens (including phenoxy) is 2. The second-order valence-electron chi connectivity index (χ2n) is 4.58. The van der Waals surface area contributed by atoms with Crippen molar-refractivity contribution >= 4 is 21.8 Å². The van der Waals surface area contributed by atoms with Crippen LogP contribution >= 0.6 is 15.9 Å². The predicted octanol–water partition coefficient (Wildman–Crippen LogP) is 2.75. The Kier molecular flexibility index (Phi) is 8.15. The minimum atomic E-state index is -0.186. The van der Waals surface area contributed by atoms with E-state index in [0.29, 0.717) is 28.1 Å². The van der Waals surface area contributed by atoms with Gasteiger partial charge in [-0.25, -0.2) is 0 Å². The number of halogens is 1. The quantitative estimate of drug-likeness (QED) is 0.665. The zero-order valence-corrected chi connectivity index (χ0v) is 14.0. The smallest absolute Gasteiger partial charge is 0.255 e. The van der Waals surface area contributed by atoms with E-state index in [-0.39, 0.29) is 12.5 Å². The van der Waals surface area contributed by atoms with Crippen LogP contribution in [-0.2, 0) is 0 Å². The van der Waals surface area contributed by atoms with E-state index in [0.717, 1.165) is 25.7 Å². The Balaban J connectivity index is 2.62. The fourth-order valence-electron chi connectivity index (χ4n) is 1.95. The minimum Gasteiger partial charge on any atom is -0.497 e. The van der Waals surface area contributed by atoms with E-state index >= 15 is 0 Å². The molecule has 1 aromatic carbocycles. The fourth-order valence-corrected chi connectivity index (χ4v) is 2.55. The minimum absolute atomic E-state index is 0.186. The summed E-state index contributed by atoms with van der Waals surface area (Å²) < 4.78 is 11.1. The van der Waals surface area contributed by atoms with Crippen LogP contribution in [0.2, 0.25) is 0 Å². The molecule has 2 N–H and O–H groups in total. The summed E-state index contributed by atoms with van der Waals surface area (Å²) in [7, 11) is 3.08. The van der Waals surface area contributed by atoms with Gasteiger partial charge in [-0.15, -0.1) is 0 Å². The Morgan fingerprint density at radius 1 is 1.19 bits per heavy atom. The van der Waals surface area contributed by atoms with E-state index < -0.39 is 0 Å². The normalized spacial score (nSPS) is 10.3. The molecule has 0 aliphatic carbocycles. The average Bonchev–Trinajstić information content (AvgIpc) is 2.49. The number of aliphatic hydroxyl groups excluding tert-OH is 1. The van der Waals surface area contributed by atoms with E-state index in [9.17, 15) is 4.79 Å². The molecule has 0 radical (unpaired) electrons. The molecule has 0 fully saturated rings. The zero-order valence-electron chi connectivity index (χ0n) is 12.4. The van der Waals surface area contributed by atoms with Crippen LogP contribution < -0.4 is 14.8 Å². The summed E-state index contributed by atoms with van der Waals surface area (Å²) in [6.07, 6.45) is 3.66. The average molecular weight is 360 g/mol. The number of hydrogen-bond donors (Lipinski definition) is 2. The van der Waals surface area contributed by atoms with Crippen molar-refractivity contribution in [1.29, 1.82) is 0 Å². The summed E-state index contributed by atoms with van der Waals surface area (Å²) in [6.45, 7) is 0.823. The molecule has 0 bridgehead atoms. The molecule has 21 heavy (non-hydrogen) atoms. The monoisotopic (exact) mass is 359 g/mol. The largest absolute Gasteiger partial charge is 0.497 e. The SMILES string of the molecule is COc1cc(Br)c(OC)c(C(=O)NCCCCCCO)c1. The van der Waals surface area contributed by atoms with E-state index in [2.05, 4.69) is 21.2 Å². The van der Waals surface area contributed by atoms with Crippen molar-refractivity contribution < 1.29 is 19.4 Å². The first kappa shape index (κ1) is 17.8. The van der Waals surface area contributed by atoms with Gasteiger partial charge in [-0.05, 0) is 40.9 Å². The van der Waals surface area contributed by atoms with Gasteiger partial charge in [0.2, 0.25) is 0 Å². The Hall–Kier alpha value is -1.27. The van der Waals surface area contributed by atoms with Gasteiger partial charge in [0.25, 0.3) is 5.91 Å². The Morgan fingerprint density at radius 3 is 2.52 bits per heavy atom.